The zero-order chi connectivity index (χ0) is 42.6. The number of nitrogens with zero attached hydrogens (tertiary/aromatic N) is 2. The number of methoxy groups -OCH3 is 3. The van der Waals surface area contributed by atoms with Crippen LogP contribution >= 0.6 is 0 Å². The normalized spacial score (nSPS) is 24.3. The van der Waals surface area contributed by atoms with Crippen LogP contribution in [0, 0.1) is 30.6 Å². The Morgan fingerprint density at radius 2 is 1.48 bits per heavy atom. The monoisotopic (exact) mass is 815 g/mol. The average molecular weight is 816 g/mol. The maximum atomic E-state index is 15.5. The molecule has 11 heteroatoms. The molecule has 61 heavy (non-hydrogen) atoms. The summed E-state index contributed by atoms with van der Waals surface area (Å²) in [6, 6.07) is 34.3. The number of allylic oxidation sites excluding steroid dienone is 2. The van der Waals surface area contributed by atoms with Gasteiger partial charge in [-0.2, -0.15) is 5.01 Å². The van der Waals surface area contributed by atoms with Gasteiger partial charge in [0.2, 0.25) is 11.8 Å². The number of rotatable bonds is 10. The zero-order valence-corrected chi connectivity index (χ0v) is 34.2. The van der Waals surface area contributed by atoms with E-state index in [1.807, 2.05) is 110 Å². The molecule has 0 bridgehead atoms. The number of phenolic OH excluding ortho intramolecular Hbond substituents is 1. The third-order valence-corrected chi connectivity index (χ3v) is 13.0. The molecule has 6 atom stereocenters. The summed E-state index contributed by atoms with van der Waals surface area (Å²) in [7, 11) is 4.70. The lowest BCUT2D eigenvalue weighted by Gasteiger charge is -2.50. The SMILES string of the molecule is COc1ccc(OC)c(C=Cc2ccc(N3C(=O)C4CC=C5C(CC6C(=O)N(Nc7ccc(C)cc7)C(=O)C6(c6ccccc6)C5c5c(O)cccc5OC)C4C3=O)cc2)c1. The third-order valence-electron chi connectivity index (χ3n) is 13.0. The van der Waals surface area contributed by atoms with Crippen LogP contribution in [0.2, 0.25) is 0 Å². The van der Waals surface area contributed by atoms with E-state index in [4.69, 9.17) is 14.2 Å². The number of fused-ring (bicyclic) bond motifs is 4. The summed E-state index contributed by atoms with van der Waals surface area (Å²) in [5.74, 6) is -4.08. The van der Waals surface area contributed by atoms with E-state index in [1.54, 1.807) is 44.6 Å². The molecule has 0 spiro atoms. The number of amides is 4. The molecule has 9 rings (SSSR count). The number of ether oxygens (including phenoxy) is 3. The highest BCUT2D eigenvalue weighted by Gasteiger charge is 2.71. The first-order valence-electron chi connectivity index (χ1n) is 20.3. The summed E-state index contributed by atoms with van der Waals surface area (Å²) in [5, 5.41) is 12.9. The Morgan fingerprint density at radius 3 is 2.18 bits per heavy atom. The highest BCUT2D eigenvalue weighted by Crippen LogP contribution is 2.66. The molecule has 1 saturated carbocycles. The topological polar surface area (TPSA) is 135 Å². The number of phenols is 1. The average Bonchev–Trinajstić information content (AvgIpc) is 3.67. The van der Waals surface area contributed by atoms with Crippen LogP contribution in [0.5, 0.6) is 23.0 Å². The van der Waals surface area contributed by atoms with Crippen LogP contribution in [-0.4, -0.2) is 55.1 Å². The number of hydrazine groups is 1. The lowest BCUT2D eigenvalue weighted by atomic mass is 9.49. The maximum absolute atomic E-state index is 15.5. The number of anilines is 2. The van der Waals surface area contributed by atoms with Crippen LogP contribution in [-0.2, 0) is 24.6 Å². The summed E-state index contributed by atoms with van der Waals surface area (Å²) in [5.41, 5.74) is 6.88. The molecule has 308 valence electrons. The van der Waals surface area contributed by atoms with E-state index in [0.717, 1.165) is 27.3 Å². The predicted octanol–water partition coefficient (Wildman–Crippen LogP) is 8.09. The van der Waals surface area contributed by atoms with Crippen molar-refractivity contribution in [2.24, 2.45) is 23.7 Å². The number of benzene rings is 5. The molecule has 0 radical (unpaired) electrons. The fourth-order valence-corrected chi connectivity index (χ4v) is 10.2. The van der Waals surface area contributed by atoms with Crippen LogP contribution in [0.25, 0.3) is 12.2 Å². The smallest absolute Gasteiger partial charge is 0.260 e. The number of hydrogen-bond acceptors (Lipinski definition) is 9. The molecule has 5 aromatic carbocycles. The van der Waals surface area contributed by atoms with Crippen molar-refractivity contribution < 1.29 is 38.5 Å². The Balaban J connectivity index is 1.12. The van der Waals surface area contributed by atoms with Gasteiger partial charge in [-0.1, -0.05) is 90.0 Å². The molecule has 2 aliphatic carbocycles. The Kier molecular flexibility index (Phi) is 9.97. The predicted molar refractivity (Wildman–Crippen MR) is 231 cm³/mol. The van der Waals surface area contributed by atoms with Crippen LogP contribution in [0.1, 0.15) is 46.6 Å². The van der Waals surface area contributed by atoms with E-state index in [2.05, 4.69) is 5.43 Å². The van der Waals surface area contributed by atoms with Gasteiger partial charge >= 0.3 is 0 Å². The van der Waals surface area contributed by atoms with E-state index in [0.29, 0.717) is 39.8 Å². The molecule has 2 aliphatic heterocycles. The first-order chi connectivity index (χ1) is 29.6. The highest BCUT2D eigenvalue weighted by molar-refractivity contribution is 6.22. The second-order valence-corrected chi connectivity index (χ2v) is 16.0. The largest absolute Gasteiger partial charge is 0.508 e. The number of aryl methyl sites for hydroxylation is 1. The quantitative estimate of drug-likeness (QED) is 0.0815. The molecule has 6 unspecified atom stereocenters. The molecule has 2 N–H and O–H groups in total. The Morgan fingerprint density at radius 1 is 0.738 bits per heavy atom. The first-order valence-corrected chi connectivity index (χ1v) is 20.3. The minimum Gasteiger partial charge on any atom is -0.508 e. The summed E-state index contributed by atoms with van der Waals surface area (Å²) in [6.07, 6.45) is 6.14. The molecule has 11 nitrogen and oxygen atoms in total. The number of carbonyl (C=O) groups is 4. The van der Waals surface area contributed by atoms with Crippen LogP contribution < -0.4 is 24.5 Å². The van der Waals surface area contributed by atoms with E-state index in [-0.39, 0.29) is 30.4 Å². The van der Waals surface area contributed by atoms with Gasteiger partial charge in [0.25, 0.3) is 11.8 Å². The molecular weight excluding hydrogens is 771 g/mol. The molecule has 5 aromatic rings. The number of aromatic hydroxyl groups is 1. The van der Waals surface area contributed by atoms with Gasteiger partial charge in [-0.25, -0.2) is 0 Å². The summed E-state index contributed by atoms with van der Waals surface area (Å²) in [4.78, 5) is 61.0. The van der Waals surface area contributed by atoms with Crippen molar-refractivity contribution in [3.8, 4) is 23.0 Å². The van der Waals surface area contributed by atoms with Gasteiger partial charge in [-0.3, -0.25) is 29.5 Å². The lowest BCUT2D eigenvalue weighted by Crippen LogP contribution is -2.53. The van der Waals surface area contributed by atoms with Crippen molar-refractivity contribution in [2.45, 2.75) is 31.1 Å². The van der Waals surface area contributed by atoms with Crippen molar-refractivity contribution in [2.75, 3.05) is 31.7 Å². The van der Waals surface area contributed by atoms with E-state index >= 15 is 9.59 Å². The standard InChI is InChI=1S/C50H45N3O8/c1-29-13-19-33(20-14-29)51-53-47(56)39-28-38-36(45(44-40(54)11-8-12-42(44)61-4)50(39,49(53)58)32-9-6-5-7-10-32)24-25-37-43(38)48(57)52(46(37)55)34-21-16-30(17-22-34)15-18-31-27-35(59-2)23-26-41(31)60-3/h5-24,26-27,37-39,43,45,51,54H,25,28H2,1-4H3. The fraction of sp³-hybridized carbons (Fsp3) is 0.240. The van der Waals surface area contributed by atoms with E-state index in [9.17, 15) is 14.7 Å². The van der Waals surface area contributed by atoms with Crippen molar-refractivity contribution in [1.29, 1.82) is 0 Å². The maximum Gasteiger partial charge on any atom is 0.260 e. The number of carbonyl (C=O) groups excluding carboxylic acids is 4. The molecule has 2 heterocycles. The molecular formula is C50H45N3O8. The van der Waals surface area contributed by atoms with Crippen molar-refractivity contribution in [1.82, 2.24) is 5.01 Å². The second-order valence-electron chi connectivity index (χ2n) is 16.0. The third kappa shape index (κ3) is 6.25. The number of imide groups is 2. The van der Waals surface area contributed by atoms with Gasteiger partial charge < -0.3 is 19.3 Å². The minimum absolute atomic E-state index is 0.110. The molecule has 4 aliphatic rings. The van der Waals surface area contributed by atoms with Crippen LogP contribution in [0.4, 0.5) is 11.4 Å². The lowest BCUT2D eigenvalue weighted by molar-refractivity contribution is -0.138. The number of hydrogen-bond donors (Lipinski definition) is 2. The molecule has 0 aromatic heterocycles. The van der Waals surface area contributed by atoms with Gasteiger partial charge in [0.15, 0.2) is 0 Å². The van der Waals surface area contributed by atoms with Gasteiger partial charge in [0.1, 0.15) is 23.0 Å². The molecule has 2 saturated heterocycles. The van der Waals surface area contributed by atoms with Crippen molar-refractivity contribution in [3.63, 3.8) is 0 Å². The van der Waals surface area contributed by atoms with Gasteiger partial charge in [0.05, 0.1) is 55.9 Å². The Labute approximate surface area is 353 Å². The van der Waals surface area contributed by atoms with E-state index < -0.39 is 46.8 Å². The van der Waals surface area contributed by atoms with Gasteiger partial charge in [-0.05, 0) is 91.4 Å². The van der Waals surface area contributed by atoms with Gasteiger partial charge in [0, 0.05) is 17.0 Å². The summed E-state index contributed by atoms with van der Waals surface area (Å²) in [6.45, 7) is 1.95. The van der Waals surface area contributed by atoms with E-state index in [1.165, 1.54) is 12.0 Å². The van der Waals surface area contributed by atoms with Crippen molar-refractivity contribution >= 4 is 47.2 Å². The first kappa shape index (κ1) is 39.3. The second kappa shape index (κ2) is 15.5. The fourth-order valence-electron chi connectivity index (χ4n) is 10.2. The zero-order valence-electron chi connectivity index (χ0n) is 34.2. The van der Waals surface area contributed by atoms with Crippen LogP contribution in [0.15, 0.2) is 127 Å². The Hall–Kier alpha value is -7.14. The van der Waals surface area contributed by atoms with Crippen molar-refractivity contribution in [3.05, 3.63) is 155 Å². The Bertz CT molecular complexity index is 2620. The van der Waals surface area contributed by atoms with Crippen LogP contribution in [0.3, 0.4) is 0 Å². The summed E-state index contributed by atoms with van der Waals surface area (Å²) < 4.78 is 16.8. The highest BCUT2D eigenvalue weighted by atomic mass is 16.5. The number of nitrogens with one attached hydrogen (secondary N) is 1. The summed E-state index contributed by atoms with van der Waals surface area (Å²) >= 11 is 0. The molecule has 4 amide bonds. The minimum atomic E-state index is -1.55. The van der Waals surface area contributed by atoms with Gasteiger partial charge in [-0.15, -0.1) is 0 Å². The molecule has 3 fully saturated rings.